The van der Waals surface area contributed by atoms with Crippen LogP contribution in [0, 0.1) is 19.3 Å². The van der Waals surface area contributed by atoms with E-state index in [1.54, 1.807) is 13.1 Å². The number of rotatable bonds is 4. The van der Waals surface area contributed by atoms with Crippen LogP contribution in [-0.2, 0) is 4.79 Å². The van der Waals surface area contributed by atoms with Crippen LogP contribution in [0.5, 0.6) is 0 Å². The molecule has 0 saturated heterocycles. The Morgan fingerprint density at radius 2 is 2.21 bits per heavy atom. The fourth-order valence-electron chi connectivity index (χ4n) is 1.52. The summed E-state index contributed by atoms with van der Waals surface area (Å²) in [7, 11) is 1.57. The first-order valence-electron chi connectivity index (χ1n) is 5.73. The van der Waals surface area contributed by atoms with E-state index in [1.807, 2.05) is 25.1 Å². The minimum Gasteiger partial charge on any atom is -0.480 e. The van der Waals surface area contributed by atoms with Gasteiger partial charge in [-0.05, 0) is 24.6 Å². The summed E-state index contributed by atoms with van der Waals surface area (Å²) < 4.78 is 0. The van der Waals surface area contributed by atoms with E-state index >= 15 is 0 Å². The van der Waals surface area contributed by atoms with Gasteiger partial charge in [-0.1, -0.05) is 12.1 Å². The lowest BCUT2D eigenvalue weighted by Crippen LogP contribution is -2.46. The summed E-state index contributed by atoms with van der Waals surface area (Å²) in [5, 5.41) is 11.3. The number of carboxylic acids is 1. The molecule has 0 aliphatic heterocycles. The number of aryl methyl sites for hydroxylation is 1. The first kappa shape index (κ1) is 14.6. The number of carboxylic acid groups (broad SMARTS) is 1. The number of urea groups is 1. The van der Waals surface area contributed by atoms with Crippen LogP contribution in [0.15, 0.2) is 24.3 Å². The number of terminal acetylenes is 1. The zero-order valence-corrected chi connectivity index (χ0v) is 10.9. The monoisotopic (exact) mass is 260 g/mol. The van der Waals surface area contributed by atoms with E-state index in [1.165, 1.54) is 4.90 Å². The highest BCUT2D eigenvalue weighted by Crippen LogP contribution is 2.14. The van der Waals surface area contributed by atoms with Gasteiger partial charge in [0.2, 0.25) is 0 Å². The number of benzene rings is 1. The Labute approximate surface area is 112 Å². The number of nitrogens with one attached hydrogen (secondary N) is 1. The highest BCUT2D eigenvalue weighted by atomic mass is 16.4. The smallest absolute Gasteiger partial charge is 0.327 e. The molecular formula is C14H16N2O3. The third-order valence-corrected chi connectivity index (χ3v) is 2.61. The van der Waals surface area contributed by atoms with Crippen LogP contribution in [0.2, 0.25) is 0 Å². The quantitative estimate of drug-likeness (QED) is 0.808. The van der Waals surface area contributed by atoms with Gasteiger partial charge in [0.25, 0.3) is 0 Å². The molecule has 1 atom stereocenters. The molecule has 5 heteroatoms. The van der Waals surface area contributed by atoms with E-state index in [4.69, 9.17) is 11.5 Å². The van der Waals surface area contributed by atoms with Crippen LogP contribution in [0.3, 0.4) is 0 Å². The zero-order chi connectivity index (χ0) is 14.4. The Bertz CT molecular complexity index is 520. The zero-order valence-electron chi connectivity index (χ0n) is 10.9. The maximum absolute atomic E-state index is 11.9. The molecule has 0 saturated carbocycles. The fraction of sp³-hybridized carbons (Fsp3) is 0.286. The van der Waals surface area contributed by atoms with Gasteiger partial charge in [-0.2, -0.15) is 0 Å². The van der Waals surface area contributed by atoms with Gasteiger partial charge in [0.15, 0.2) is 0 Å². The summed E-state index contributed by atoms with van der Waals surface area (Å²) in [6.07, 6.45) is 5.02. The van der Waals surface area contributed by atoms with Crippen molar-refractivity contribution in [3.63, 3.8) is 0 Å². The molecule has 1 unspecified atom stereocenters. The number of aliphatic carboxylic acids is 1. The minimum absolute atomic E-state index is 0.0528. The molecule has 100 valence electrons. The van der Waals surface area contributed by atoms with Crippen LogP contribution >= 0.6 is 0 Å². The number of amides is 2. The van der Waals surface area contributed by atoms with Crippen molar-refractivity contribution in [3.05, 3.63) is 29.8 Å². The maximum Gasteiger partial charge on any atom is 0.327 e. The van der Waals surface area contributed by atoms with Crippen molar-refractivity contribution in [1.29, 1.82) is 0 Å². The van der Waals surface area contributed by atoms with Gasteiger partial charge in [0, 0.05) is 19.2 Å². The number of nitrogens with zero attached hydrogens (tertiary/aromatic N) is 1. The van der Waals surface area contributed by atoms with Gasteiger partial charge in [0.05, 0.1) is 0 Å². The summed E-state index contributed by atoms with van der Waals surface area (Å²) >= 11 is 0. The molecule has 1 aromatic rings. The summed E-state index contributed by atoms with van der Waals surface area (Å²) in [6, 6.07) is 5.75. The molecule has 1 aromatic carbocycles. The number of hydrogen-bond acceptors (Lipinski definition) is 2. The molecule has 0 bridgehead atoms. The third-order valence-electron chi connectivity index (χ3n) is 2.61. The van der Waals surface area contributed by atoms with Crippen LogP contribution < -0.4 is 10.2 Å². The van der Waals surface area contributed by atoms with Crippen molar-refractivity contribution in [2.75, 3.05) is 11.9 Å². The minimum atomic E-state index is -1.15. The molecule has 0 aliphatic rings. The SMILES string of the molecule is C#CCC(NC(=O)N(C)c1cccc(C)c1)C(=O)O. The predicted octanol–water partition coefficient (Wildman–Crippen LogP) is 1.62. The van der Waals surface area contributed by atoms with Gasteiger partial charge < -0.3 is 10.4 Å². The maximum atomic E-state index is 11.9. The van der Waals surface area contributed by atoms with Crippen molar-refractivity contribution in [3.8, 4) is 12.3 Å². The Morgan fingerprint density at radius 1 is 1.53 bits per heavy atom. The molecule has 0 spiro atoms. The number of hydrogen-bond donors (Lipinski definition) is 2. The van der Waals surface area contributed by atoms with Crippen molar-refractivity contribution in [2.45, 2.75) is 19.4 Å². The lowest BCUT2D eigenvalue weighted by molar-refractivity contribution is -0.139. The van der Waals surface area contributed by atoms with Crippen LogP contribution in [-0.4, -0.2) is 30.2 Å². The molecule has 19 heavy (non-hydrogen) atoms. The van der Waals surface area contributed by atoms with E-state index in [9.17, 15) is 9.59 Å². The largest absolute Gasteiger partial charge is 0.480 e. The Kier molecular flexibility index (Phi) is 4.95. The van der Waals surface area contributed by atoms with Crippen molar-refractivity contribution >= 4 is 17.7 Å². The molecule has 0 heterocycles. The van der Waals surface area contributed by atoms with Gasteiger partial charge in [-0.15, -0.1) is 12.3 Å². The van der Waals surface area contributed by atoms with Crippen molar-refractivity contribution in [2.24, 2.45) is 0 Å². The first-order chi connectivity index (χ1) is 8.95. The van der Waals surface area contributed by atoms with Crippen molar-refractivity contribution in [1.82, 2.24) is 5.32 Å². The average molecular weight is 260 g/mol. The molecule has 2 N–H and O–H groups in total. The standard InChI is InChI=1S/C14H16N2O3/c1-4-6-12(13(17)18)15-14(19)16(3)11-8-5-7-10(2)9-11/h1,5,7-9,12H,6H2,2-3H3,(H,15,19)(H,17,18). The third kappa shape index (κ3) is 4.03. The van der Waals surface area contributed by atoms with Gasteiger partial charge in [-0.25, -0.2) is 9.59 Å². The van der Waals surface area contributed by atoms with Crippen molar-refractivity contribution < 1.29 is 14.7 Å². The predicted molar refractivity (Wildman–Crippen MR) is 73.0 cm³/mol. The first-order valence-corrected chi connectivity index (χ1v) is 5.73. The van der Waals surface area contributed by atoms with Crippen LogP contribution in [0.1, 0.15) is 12.0 Å². The van der Waals surface area contributed by atoms with E-state index in [2.05, 4.69) is 11.2 Å². The molecule has 1 rings (SSSR count). The topological polar surface area (TPSA) is 69.6 Å². The number of anilines is 1. The second-order valence-electron chi connectivity index (χ2n) is 4.15. The summed E-state index contributed by atoms with van der Waals surface area (Å²) in [6.45, 7) is 1.91. The molecule has 2 amide bonds. The summed E-state index contributed by atoms with van der Waals surface area (Å²) in [5.41, 5.74) is 1.69. The van der Waals surface area contributed by atoms with Gasteiger partial charge in [0.1, 0.15) is 6.04 Å². The lowest BCUT2D eigenvalue weighted by atomic mass is 10.2. The normalized spacial score (nSPS) is 11.2. The van der Waals surface area contributed by atoms with Gasteiger partial charge >= 0.3 is 12.0 Å². The second kappa shape index (κ2) is 6.45. The molecule has 0 radical (unpaired) electrons. The van der Waals surface area contributed by atoms with Crippen LogP contribution in [0.25, 0.3) is 0 Å². The second-order valence-corrected chi connectivity index (χ2v) is 4.15. The fourth-order valence-corrected chi connectivity index (χ4v) is 1.52. The molecule has 0 fully saturated rings. The Balaban J connectivity index is 2.77. The Morgan fingerprint density at radius 3 is 2.74 bits per heavy atom. The Hall–Kier alpha value is -2.48. The van der Waals surface area contributed by atoms with E-state index in [-0.39, 0.29) is 6.42 Å². The molecular weight excluding hydrogens is 244 g/mol. The summed E-state index contributed by atoms with van der Waals surface area (Å²) in [5.74, 6) is 1.08. The average Bonchev–Trinajstić information content (AvgIpc) is 2.37. The van der Waals surface area contributed by atoms with E-state index in [0.29, 0.717) is 5.69 Å². The summed E-state index contributed by atoms with van der Waals surface area (Å²) in [4.78, 5) is 24.2. The van der Waals surface area contributed by atoms with Gasteiger partial charge in [-0.3, -0.25) is 4.90 Å². The lowest BCUT2D eigenvalue weighted by Gasteiger charge is -2.21. The van der Waals surface area contributed by atoms with E-state index in [0.717, 1.165) is 5.56 Å². The molecule has 5 nitrogen and oxygen atoms in total. The van der Waals surface area contributed by atoms with E-state index < -0.39 is 18.0 Å². The number of carbonyl (C=O) groups excluding carboxylic acids is 1. The molecule has 0 aromatic heterocycles. The highest BCUT2D eigenvalue weighted by Gasteiger charge is 2.21. The molecule has 0 aliphatic carbocycles. The van der Waals surface area contributed by atoms with Crippen LogP contribution in [0.4, 0.5) is 10.5 Å². The number of carbonyl (C=O) groups is 2. The highest BCUT2D eigenvalue weighted by molar-refractivity contribution is 5.94.